The molecule has 2 atom stereocenters. The smallest absolute Gasteiger partial charge is 0.321 e. The van der Waals surface area contributed by atoms with E-state index in [2.05, 4.69) is 0 Å². The number of carbonyl (C=O) groups excluding carboxylic acids is 1. The van der Waals surface area contributed by atoms with Crippen LogP contribution in [0.3, 0.4) is 0 Å². The second-order valence-corrected chi connectivity index (χ2v) is 7.12. The van der Waals surface area contributed by atoms with Crippen molar-refractivity contribution in [3.05, 3.63) is 83.8 Å². The summed E-state index contributed by atoms with van der Waals surface area (Å²) < 4.78 is 10.7. The van der Waals surface area contributed by atoms with Gasteiger partial charge in [0.15, 0.2) is 5.92 Å². The monoisotopic (exact) mass is 391 g/mol. The van der Waals surface area contributed by atoms with Crippen molar-refractivity contribution < 1.29 is 23.8 Å². The van der Waals surface area contributed by atoms with E-state index in [1.807, 2.05) is 48.5 Å². The Bertz CT molecular complexity index is 982. The summed E-state index contributed by atoms with van der Waals surface area (Å²) in [5.41, 5.74) is 10.3. The lowest BCUT2D eigenvalue weighted by atomic mass is 9.96. The minimum atomic E-state index is -1.47. The van der Waals surface area contributed by atoms with E-state index in [1.165, 1.54) is 6.26 Å². The molecule has 148 valence electrons. The lowest BCUT2D eigenvalue weighted by molar-refractivity contribution is -0.159. The molecule has 29 heavy (non-hydrogen) atoms. The second-order valence-electron chi connectivity index (χ2n) is 7.12. The number of hydrogen-bond donors (Lipinski definition) is 2. The van der Waals surface area contributed by atoms with Crippen molar-refractivity contribution in [1.29, 1.82) is 0 Å². The summed E-state index contributed by atoms with van der Waals surface area (Å²) >= 11 is 0. The molecule has 1 aliphatic rings. The number of carboxylic acid groups (broad SMARTS) is 1. The summed E-state index contributed by atoms with van der Waals surface area (Å²) in [6, 6.07) is 18.3. The molecule has 2 aromatic carbocycles. The molecule has 1 heterocycles. The topological polar surface area (TPSA) is 103 Å². The number of hydrogen-bond acceptors (Lipinski definition) is 5. The first-order valence-electron chi connectivity index (χ1n) is 9.42. The Kier molecular flexibility index (Phi) is 5.18. The van der Waals surface area contributed by atoms with Gasteiger partial charge in [0, 0.05) is 18.4 Å². The molecule has 3 N–H and O–H groups in total. The maximum Gasteiger partial charge on any atom is 0.321 e. The van der Waals surface area contributed by atoms with Gasteiger partial charge in [-0.15, -0.1) is 0 Å². The number of benzene rings is 2. The molecule has 0 unspecified atom stereocenters. The number of ether oxygens (including phenoxy) is 1. The Labute approximate surface area is 167 Å². The maximum absolute atomic E-state index is 12.6. The van der Waals surface area contributed by atoms with Gasteiger partial charge in [0.2, 0.25) is 0 Å². The van der Waals surface area contributed by atoms with Gasteiger partial charge in [-0.3, -0.25) is 9.59 Å². The molecule has 0 saturated heterocycles. The fourth-order valence-electron chi connectivity index (χ4n) is 3.93. The molecule has 0 aliphatic heterocycles. The first-order chi connectivity index (χ1) is 14.1. The Morgan fingerprint density at radius 2 is 1.62 bits per heavy atom. The third-order valence-corrected chi connectivity index (χ3v) is 5.32. The summed E-state index contributed by atoms with van der Waals surface area (Å²) in [6.45, 7) is 0.0596. The van der Waals surface area contributed by atoms with E-state index in [9.17, 15) is 14.7 Å². The molecule has 0 amide bonds. The van der Waals surface area contributed by atoms with Crippen LogP contribution >= 0.6 is 0 Å². The van der Waals surface area contributed by atoms with Crippen LogP contribution in [-0.2, 0) is 20.7 Å². The quantitative estimate of drug-likeness (QED) is 0.474. The van der Waals surface area contributed by atoms with Crippen LogP contribution in [0.15, 0.2) is 71.3 Å². The number of fused-ring (bicyclic) bond motifs is 3. The Balaban J connectivity index is 1.50. The van der Waals surface area contributed by atoms with Crippen molar-refractivity contribution in [3.8, 4) is 11.1 Å². The largest absolute Gasteiger partial charge is 0.481 e. The molecule has 6 heteroatoms. The molecule has 1 aliphatic carbocycles. The van der Waals surface area contributed by atoms with E-state index >= 15 is 0 Å². The van der Waals surface area contributed by atoms with Crippen molar-refractivity contribution in [2.24, 2.45) is 11.7 Å². The van der Waals surface area contributed by atoms with E-state index < -0.39 is 23.9 Å². The summed E-state index contributed by atoms with van der Waals surface area (Å²) in [4.78, 5) is 24.3. The van der Waals surface area contributed by atoms with Gasteiger partial charge < -0.3 is 20.0 Å². The van der Waals surface area contributed by atoms with Crippen molar-refractivity contribution in [2.45, 2.75) is 18.4 Å². The van der Waals surface area contributed by atoms with Gasteiger partial charge in [-0.2, -0.15) is 0 Å². The highest BCUT2D eigenvalue weighted by Crippen LogP contribution is 2.44. The third-order valence-electron chi connectivity index (χ3n) is 5.32. The normalized spacial score (nSPS) is 14.7. The molecule has 6 nitrogen and oxygen atoms in total. The Morgan fingerprint density at radius 1 is 1.00 bits per heavy atom. The van der Waals surface area contributed by atoms with Crippen LogP contribution in [0.25, 0.3) is 11.1 Å². The fourth-order valence-corrected chi connectivity index (χ4v) is 3.93. The summed E-state index contributed by atoms with van der Waals surface area (Å²) in [7, 11) is 0. The Morgan fingerprint density at radius 3 is 2.17 bits per heavy atom. The molecule has 1 aromatic heterocycles. The van der Waals surface area contributed by atoms with Crippen molar-refractivity contribution in [3.63, 3.8) is 0 Å². The molecule has 0 radical (unpaired) electrons. The zero-order valence-electron chi connectivity index (χ0n) is 15.7. The minimum Gasteiger partial charge on any atom is -0.481 e. The van der Waals surface area contributed by atoms with Crippen LogP contribution in [-0.4, -0.2) is 29.7 Å². The van der Waals surface area contributed by atoms with Gasteiger partial charge in [0.05, 0.1) is 6.26 Å². The van der Waals surface area contributed by atoms with Gasteiger partial charge in [-0.25, -0.2) is 0 Å². The van der Waals surface area contributed by atoms with Gasteiger partial charge in [0.25, 0.3) is 0 Å². The summed E-state index contributed by atoms with van der Waals surface area (Å²) in [6.07, 6.45) is 1.61. The number of carboxylic acids is 1. The molecular formula is C23H21NO5. The van der Waals surface area contributed by atoms with Crippen LogP contribution in [0.1, 0.15) is 22.8 Å². The number of carbonyl (C=O) groups is 2. The van der Waals surface area contributed by atoms with Crippen LogP contribution < -0.4 is 5.73 Å². The predicted octanol–water partition coefficient (Wildman–Crippen LogP) is 3.21. The number of furan rings is 1. The standard InChI is InChI=1S/C23H21NO5/c24-20(12-14-6-5-11-28-14)21(22(25)26)23(27)29-13-19-17-9-3-1-7-15(17)16-8-2-4-10-18(16)19/h1-11,19-21H,12-13,24H2,(H,25,26)/t20-,21-/m1/s1. The van der Waals surface area contributed by atoms with E-state index in [1.54, 1.807) is 12.1 Å². The van der Waals surface area contributed by atoms with Crippen LogP contribution in [0, 0.1) is 5.92 Å². The molecule has 0 fully saturated rings. The van der Waals surface area contributed by atoms with Gasteiger partial charge >= 0.3 is 11.9 Å². The van der Waals surface area contributed by atoms with Gasteiger partial charge in [0.1, 0.15) is 12.4 Å². The molecule has 0 saturated carbocycles. The average molecular weight is 391 g/mol. The summed E-state index contributed by atoms with van der Waals surface area (Å²) in [5.74, 6) is -3.22. The van der Waals surface area contributed by atoms with Crippen LogP contribution in [0.5, 0.6) is 0 Å². The highest BCUT2D eigenvalue weighted by Gasteiger charge is 2.36. The first kappa shape index (κ1) is 19.0. The average Bonchev–Trinajstić information content (AvgIpc) is 3.32. The predicted molar refractivity (Wildman–Crippen MR) is 106 cm³/mol. The van der Waals surface area contributed by atoms with Crippen molar-refractivity contribution in [2.75, 3.05) is 6.61 Å². The molecule has 0 spiro atoms. The first-order valence-corrected chi connectivity index (χ1v) is 9.42. The molecule has 4 rings (SSSR count). The van der Waals surface area contributed by atoms with Crippen LogP contribution in [0.4, 0.5) is 0 Å². The summed E-state index contributed by atoms with van der Waals surface area (Å²) in [5, 5.41) is 9.54. The van der Waals surface area contributed by atoms with Gasteiger partial charge in [-0.1, -0.05) is 48.5 Å². The minimum absolute atomic E-state index is 0.0596. The molecule has 3 aromatic rings. The zero-order chi connectivity index (χ0) is 20.4. The lowest BCUT2D eigenvalue weighted by Crippen LogP contribution is -2.43. The van der Waals surface area contributed by atoms with E-state index in [0.717, 1.165) is 22.3 Å². The lowest BCUT2D eigenvalue weighted by Gasteiger charge is -2.20. The maximum atomic E-state index is 12.6. The Hall–Kier alpha value is -3.38. The van der Waals surface area contributed by atoms with E-state index in [-0.39, 0.29) is 18.9 Å². The van der Waals surface area contributed by atoms with Gasteiger partial charge in [-0.05, 0) is 34.4 Å². The number of aliphatic carboxylic acids is 1. The van der Waals surface area contributed by atoms with Crippen molar-refractivity contribution in [1.82, 2.24) is 0 Å². The molecular weight excluding hydrogens is 370 g/mol. The second kappa shape index (κ2) is 7.93. The number of esters is 1. The highest BCUT2D eigenvalue weighted by atomic mass is 16.5. The SMILES string of the molecule is N[C@H](Cc1ccco1)[C@H](C(=O)O)C(=O)OCC1c2ccccc2-c2ccccc21. The van der Waals surface area contributed by atoms with E-state index in [4.69, 9.17) is 14.9 Å². The fraction of sp³-hybridized carbons (Fsp3) is 0.217. The third kappa shape index (κ3) is 3.67. The molecule has 0 bridgehead atoms. The highest BCUT2D eigenvalue weighted by molar-refractivity contribution is 5.95. The van der Waals surface area contributed by atoms with Crippen molar-refractivity contribution >= 4 is 11.9 Å². The van der Waals surface area contributed by atoms with E-state index in [0.29, 0.717) is 5.76 Å². The zero-order valence-corrected chi connectivity index (χ0v) is 15.7. The number of rotatable bonds is 7. The number of nitrogens with two attached hydrogens (primary N) is 1. The van der Waals surface area contributed by atoms with Crippen LogP contribution in [0.2, 0.25) is 0 Å².